The minimum Gasteiger partial charge on any atom is -0.464 e. The molecule has 1 aromatic carbocycles. The number of hydrogen-bond donors (Lipinski definition) is 3. The maximum atomic E-state index is 9.63. The van der Waals surface area contributed by atoms with Gasteiger partial charge in [0.05, 0.1) is 33.7 Å². The number of rotatable bonds is 8. The van der Waals surface area contributed by atoms with E-state index < -0.39 is 0 Å². The largest absolute Gasteiger partial charge is 0.464 e. The Hall–Kier alpha value is -1.42. The minimum absolute atomic E-state index is 0.0278. The average Bonchev–Trinajstić information content (AvgIpc) is 3.36. The highest BCUT2D eigenvalue weighted by Crippen LogP contribution is 2.29. The molecule has 2 heterocycles. The number of aliphatic hydroxyl groups excluding tert-OH is 1. The maximum Gasteiger partial charge on any atom is 0.122 e. The number of nitrogens with two attached hydrogens (primary N) is 1. The number of hydrogen-bond acceptors (Lipinski definition) is 6. The van der Waals surface area contributed by atoms with E-state index in [4.69, 9.17) is 14.6 Å². The first-order valence-electron chi connectivity index (χ1n) is 11.3. The molecule has 0 fully saturated rings. The topological polar surface area (TPSA) is 93.8 Å². The molecule has 0 aliphatic rings. The Morgan fingerprint density at radius 2 is 1.41 bits per heavy atom. The zero-order valence-corrected chi connectivity index (χ0v) is 24.1. The van der Waals surface area contributed by atoms with Crippen molar-refractivity contribution < 1.29 is 18.7 Å². The molecular formula is C26H38Br2N2O4. The lowest BCUT2D eigenvalue weighted by Gasteiger charge is -2.22. The lowest BCUT2D eigenvalue weighted by atomic mass is 10.0. The molecule has 3 aromatic rings. The molecule has 0 saturated carbocycles. The summed E-state index contributed by atoms with van der Waals surface area (Å²) in [5, 5.41) is 13.1. The Balaban J connectivity index is 0.000000347. The summed E-state index contributed by atoms with van der Waals surface area (Å²) in [7, 11) is 3.25. The number of aryl methyl sites for hydroxylation is 2. The third-order valence-corrected chi connectivity index (χ3v) is 6.67. The van der Waals surface area contributed by atoms with Gasteiger partial charge in [0.25, 0.3) is 0 Å². The van der Waals surface area contributed by atoms with E-state index in [-0.39, 0.29) is 24.7 Å². The van der Waals surface area contributed by atoms with Crippen LogP contribution in [0, 0.1) is 13.8 Å². The molecule has 8 heteroatoms. The summed E-state index contributed by atoms with van der Waals surface area (Å²) in [5.41, 5.74) is 6.84. The molecule has 0 radical (unpaired) electrons. The molecule has 0 spiro atoms. The Bertz CT molecular complexity index is 905. The normalized spacial score (nSPS) is 13.2. The van der Waals surface area contributed by atoms with Crippen molar-refractivity contribution in [3.63, 3.8) is 0 Å². The minimum atomic E-state index is -0.0923. The van der Waals surface area contributed by atoms with Gasteiger partial charge in [0.1, 0.15) is 23.0 Å². The third kappa shape index (κ3) is 9.68. The number of methoxy groups -OCH3 is 1. The molecule has 0 aliphatic carbocycles. The first kappa shape index (κ1) is 30.6. The highest BCUT2D eigenvalue weighted by atomic mass is 79.9. The third-order valence-electron chi connectivity index (χ3n) is 5.10. The van der Waals surface area contributed by atoms with Crippen LogP contribution >= 0.6 is 31.9 Å². The van der Waals surface area contributed by atoms with Crippen LogP contribution in [0.2, 0.25) is 0 Å². The highest BCUT2D eigenvalue weighted by molar-refractivity contribution is 9.10. The van der Waals surface area contributed by atoms with Gasteiger partial charge < -0.3 is 24.4 Å². The van der Waals surface area contributed by atoms with Crippen molar-refractivity contribution in [3.05, 3.63) is 80.0 Å². The van der Waals surface area contributed by atoms with Crippen LogP contribution < -0.4 is 11.1 Å². The average molecular weight is 602 g/mol. The van der Waals surface area contributed by atoms with E-state index in [1.807, 2.05) is 63.2 Å². The summed E-state index contributed by atoms with van der Waals surface area (Å²) in [6.45, 7) is 8.04. The molecule has 0 aliphatic heterocycles. The van der Waals surface area contributed by atoms with E-state index in [1.54, 1.807) is 14.2 Å². The Morgan fingerprint density at radius 3 is 1.79 bits per heavy atom. The SMILES string of the molecule is CC[C@@H](N)c1cc(Br)c(C)o1.CC[C@@H](N[C@@H](CO)c1ccccc1)c1cc(Br)c(C)o1.COC. The summed E-state index contributed by atoms with van der Waals surface area (Å²) >= 11 is 6.84. The monoisotopic (exact) mass is 600 g/mol. The highest BCUT2D eigenvalue weighted by Gasteiger charge is 2.20. The van der Waals surface area contributed by atoms with E-state index in [2.05, 4.69) is 48.8 Å². The fourth-order valence-electron chi connectivity index (χ4n) is 3.10. The van der Waals surface area contributed by atoms with Crippen LogP contribution in [-0.4, -0.2) is 25.9 Å². The maximum absolute atomic E-state index is 9.63. The number of ether oxygens (including phenoxy) is 1. The molecular weight excluding hydrogens is 564 g/mol. The molecule has 3 rings (SSSR count). The molecule has 190 valence electrons. The van der Waals surface area contributed by atoms with E-state index >= 15 is 0 Å². The Kier molecular flexibility index (Phi) is 14.7. The lowest BCUT2D eigenvalue weighted by Crippen LogP contribution is -2.28. The second-order valence-electron chi connectivity index (χ2n) is 7.80. The standard InChI is InChI=1S/C16H20BrNO2.C8H12BrNO.C2H6O/c1-3-14(16-9-13(17)11(2)20-16)18-15(10-19)12-7-5-4-6-8-12;1-3-7(10)8-4-6(9)5(2)11-8;1-3-2/h4-9,14-15,18-19H,3,10H2,1-2H3;4,7H,3,10H2,1-2H3;1-2H3/t14-,15+;7-;/m11./s1. The molecule has 4 N–H and O–H groups in total. The van der Waals surface area contributed by atoms with Crippen LogP contribution in [0.25, 0.3) is 0 Å². The van der Waals surface area contributed by atoms with Gasteiger partial charge >= 0.3 is 0 Å². The Labute approximate surface area is 220 Å². The van der Waals surface area contributed by atoms with Gasteiger partial charge in [0.2, 0.25) is 0 Å². The van der Waals surface area contributed by atoms with Crippen molar-refractivity contribution in [2.45, 2.75) is 58.7 Å². The van der Waals surface area contributed by atoms with Crippen LogP contribution in [0.15, 0.2) is 60.2 Å². The predicted molar refractivity (Wildman–Crippen MR) is 145 cm³/mol. The molecule has 0 bridgehead atoms. The van der Waals surface area contributed by atoms with Crippen molar-refractivity contribution >= 4 is 31.9 Å². The first-order chi connectivity index (χ1) is 16.2. The zero-order valence-electron chi connectivity index (χ0n) is 20.9. The Morgan fingerprint density at radius 1 is 0.912 bits per heavy atom. The first-order valence-corrected chi connectivity index (χ1v) is 12.9. The number of furan rings is 2. The van der Waals surface area contributed by atoms with Gasteiger partial charge in [-0.2, -0.15) is 0 Å². The summed E-state index contributed by atoms with van der Waals surface area (Å²) < 4.78 is 17.4. The number of aliphatic hydroxyl groups is 1. The fourth-order valence-corrected chi connectivity index (χ4v) is 3.72. The summed E-state index contributed by atoms with van der Waals surface area (Å²) in [6, 6.07) is 13.9. The van der Waals surface area contributed by atoms with Crippen LogP contribution in [0.4, 0.5) is 0 Å². The number of halogens is 2. The van der Waals surface area contributed by atoms with Crippen LogP contribution in [0.3, 0.4) is 0 Å². The molecule has 34 heavy (non-hydrogen) atoms. The molecule has 0 saturated heterocycles. The second kappa shape index (κ2) is 16.3. The van der Waals surface area contributed by atoms with Crippen molar-refractivity contribution in [1.29, 1.82) is 0 Å². The predicted octanol–water partition coefficient (Wildman–Crippen LogP) is 7.15. The quantitative estimate of drug-likeness (QED) is 0.254. The number of nitrogens with one attached hydrogen (secondary N) is 1. The van der Waals surface area contributed by atoms with Gasteiger partial charge in [-0.3, -0.25) is 5.32 Å². The molecule has 3 atom stereocenters. The molecule has 6 nitrogen and oxygen atoms in total. The van der Waals surface area contributed by atoms with Crippen molar-refractivity contribution in [2.24, 2.45) is 5.73 Å². The molecule has 0 unspecified atom stereocenters. The lowest BCUT2D eigenvalue weighted by molar-refractivity contribution is 0.225. The van der Waals surface area contributed by atoms with Crippen molar-refractivity contribution in [3.8, 4) is 0 Å². The fraction of sp³-hybridized carbons (Fsp3) is 0.462. The van der Waals surface area contributed by atoms with Crippen molar-refractivity contribution in [2.75, 3.05) is 20.8 Å². The number of benzene rings is 1. The van der Waals surface area contributed by atoms with Gasteiger partial charge in [-0.05, 0) is 76.2 Å². The van der Waals surface area contributed by atoms with Gasteiger partial charge in [0.15, 0.2) is 0 Å². The molecule has 0 amide bonds. The van der Waals surface area contributed by atoms with Crippen LogP contribution in [-0.2, 0) is 4.74 Å². The van der Waals surface area contributed by atoms with Gasteiger partial charge in [-0.1, -0.05) is 44.2 Å². The van der Waals surface area contributed by atoms with Gasteiger partial charge in [0, 0.05) is 14.2 Å². The van der Waals surface area contributed by atoms with Gasteiger partial charge in [-0.15, -0.1) is 0 Å². The zero-order chi connectivity index (χ0) is 25.7. The van der Waals surface area contributed by atoms with Crippen LogP contribution in [0.5, 0.6) is 0 Å². The van der Waals surface area contributed by atoms with E-state index in [1.165, 1.54) is 0 Å². The van der Waals surface area contributed by atoms with Gasteiger partial charge in [-0.25, -0.2) is 0 Å². The molecule has 2 aromatic heterocycles. The van der Waals surface area contributed by atoms with E-state index in [0.717, 1.165) is 50.4 Å². The second-order valence-corrected chi connectivity index (χ2v) is 9.51. The summed E-state index contributed by atoms with van der Waals surface area (Å²) in [4.78, 5) is 0. The van der Waals surface area contributed by atoms with E-state index in [0.29, 0.717) is 0 Å². The summed E-state index contributed by atoms with van der Waals surface area (Å²) in [5.74, 6) is 3.52. The van der Waals surface area contributed by atoms with Crippen molar-refractivity contribution in [1.82, 2.24) is 5.32 Å². The van der Waals surface area contributed by atoms with E-state index in [9.17, 15) is 5.11 Å². The smallest absolute Gasteiger partial charge is 0.122 e. The summed E-state index contributed by atoms with van der Waals surface area (Å²) in [6.07, 6.45) is 1.79. The van der Waals surface area contributed by atoms with Crippen LogP contribution in [0.1, 0.15) is 73.4 Å².